The quantitative estimate of drug-likeness (QED) is 0.755. The summed E-state index contributed by atoms with van der Waals surface area (Å²) in [5, 5.41) is 13.0. The Morgan fingerprint density at radius 2 is 2.20 bits per heavy atom. The molecule has 0 spiro atoms. The van der Waals surface area contributed by atoms with Gasteiger partial charge in [0.25, 0.3) is 0 Å². The summed E-state index contributed by atoms with van der Waals surface area (Å²) < 4.78 is 6.32. The number of fused-ring (bicyclic) bond motifs is 1. The molecule has 102 valence electrons. The Morgan fingerprint density at radius 3 is 2.95 bits per heavy atom. The van der Waals surface area contributed by atoms with Crippen molar-refractivity contribution >= 4 is 27.5 Å². The highest BCUT2D eigenvalue weighted by molar-refractivity contribution is 7.18. The Hall–Kier alpha value is -2.18. The van der Waals surface area contributed by atoms with E-state index in [1.807, 2.05) is 24.3 Å². The van der Waals surface area contributed by atoms with E-state index < -0.39 is 5.97 Å². The van der Waals surface area contributed by atoms with Crippen molar-refractivity contribution in [1.82, 2.24) is 10.3 Å². The molecule has 0 saturated carbocycles. The van der Waals surface area contributed by atoms with E-state index in [0.717, 1.165) is 15.2 Å². The number of hydrogen-bond donors (Lipinski definition) is 2. The van der Waals surface area contributed by atoms with Gasteiger partial charge >= 0.3 is 5.97 Å². The van der Waals surface area contributed by atoms with E-state index in [1.54, 1.807) is 11.3 Å². The molecule has 20 heavy (non-hydrogen) atoms. The fourth-order valence-electron chi connectivity index (χ4n) is 1.87. The lowest BCUT2D eigenvalue weighted by molar-refractivity contribution is 0.0696. The van der Waals surface area contributed by atoms with Gasteiger partial charge in [-0.1, -0.05) is 12.1 Å². The predicted molar refractivity (Wildman–Crippen MR) is 75.8 cm³/mol. The van der Waals surface area contributed by atoms with Crippen LogP contribution in [0, 0.1) is 0 Å². The highest BCUT2D eigenvalue weighted by Gasteiger charge is 2.08. The number of para-hydroxylation sites is 1. The fourth-order valence-corrected chi connectivity index (χ4v) is 2.81. The van der Waals surface area contributed by atoms with Crippen LogP contribution >= 0.6 is 11.3 Å². The minimum absolute atomic E-state index is 0.168. The van der Waals surface area contributed by atoms with Gasteiger partial charge in [-0.3, -0.25) is 0 Å². The number of nitrogens with zero attached hydrogens (tertiary/aromatic N) is 1. The van der Waals surface area contributed by atoms with Crippen LogP contribution in [0.1, 0.15) is 21.1 Å². The third-order valence-corrected chi connectivity index (χ3v) is 3.85. The van der Waals surface area contributed by atoms with Gasteiger partial charge in [-0.05, 0) is 18.2 Å². The average Bonchev–Trinajstić information content (AvgIpc) is 3.04. The van der Waals surface area contributed by atoms with Gasteiger partial charge < -0.3 is 14.8 Å². The van der Waals surface area contributed by atoms with Gasteiger partial charge in [-0.15, -0.1) is 11.3 Å². The zero-order chi connectivity index (χ0) is 13.9. The maximum absolute atomic E-state index is 10.7. The first kappa shape index (κ1) is 12.8. The first-order valence-corrected chi connectivity index (χ1v) is 6.90. The van der Waals surface area contributed by atoms with Gasteiger partial charge in [0.2, 0.25) is 0 Å². The van der Waals surface area contributed by atoms with Crippen molar-refractivity contribution in [2.75, 3.05) is 0 Å². The van der Waals surface area contributed by atoms with Gasteiger partial charge in [-0.2, -0.15) is 0 Å². The minimum atomic E-state index is -0.980. The van der Waals surface area contributed by atoms with Gasteiger partial charge in [0, 0.05) is 6.54 Å². The monoisotopic (exact) mass is 288 g/mol. The Balaban J connectivity index is 1.60. The molecule has 0 unspecified atom stereocenters. The van der Waals surface area contributed by atoms with Crippen LogP contribution < -0.4 is 5.32 Å². The lowest BCUT2D eigenvalue weighted by Gasteiger charge is -1.98. The highest BCUT2D eigenvalue weighted by atomic mass is 32.1. The predicted octanol–water partition coefficient (Wildman–Crippen LogP) is 2.88. The van der Waals surface area contributed by atoms with E-state index in [0.29, 0.717) is 18.8 Å². The number of carbonyl (C=O) groups is 1. The van der Waals surface area contributed by atoms with Crippen molar-refractivity contribution in [3.8, 4) is 0 Å². The molecule has 2 heterocycles. The fraction of sp³-hybridized carbons (Fsp3) is 0.143. The molecule has 1 aromatic carbocycles. The van der Waals surface area contributed by atoms with Crippen molar-refractivity contribution in [3.63, 3.8) is 0 Å². The number of carboxylic acids is 1. The molecule has 0 fully saturated rings. The number of benzene rings is 1. The van der Waals surface area contributed by atoms with Gasteiger partial charge in [0.1, 0.15) is 17.0 Å². The molecule has 0 bridgehead atoms. The minimum Gasteiger partial charge on any atom is -0.478 e. The third-order valence-electron chi connectivity index (χ3n) is 2.81. The summed E-state index contributed by atoms with van der Waals surface area (Å²) >= 11 is 1.64. The van der Waals surface area contributed by atoms with Crippen molar-refractivity contribution in [2.24, 2.45) is 0 Å². The lowest BCUT2D eigenvalue weighted by atomic mass is 10.3. The molecular weight excluding hydrogens is 276 g/mol. The second kappa shape index (κ2) is 5.44. The van der Waals surface area contributed by atoms with Crippen LogP contribution in [0.2, 0.25) is 0 Å². The normalized spacial score (nSPS) is 11.0. The Kier molecular flexibility index (Phi) is 3.49. The van der Waals surface area contributed by atoms with Gasteiger partial charge in [-0.25, -0.2) is 9.78 Å². The van der Waals surface area contributed by atoms with Crippen molar-refractivity contribution < 1.29 is 14.3 Å². The standard InChI is InChI=1S/C14H12N2O3S/c17-14(18)9-5-10(19-8-9)6-15-7-13-16-11-3-1-2-4-12(11)20-13/h1-5,8,15H,6-7H2,(H,17,18). The molecular formula is C14H12N2O3S. The Labute approximate surface area is 118 Å². The Morgan fingerprint density at radius 1 is 1.35 bits per heavy atom. The molecule has 5 nitrogen and oxygen atoms in total. The summed E-state index contributed by atoms with van der Waals surface area (Å²) in [6, 6.07) is 9.51. The summed E-state index contributed by atoms with van der Waals surface area (Å²) in [5.41, 5.74) is 1.17. The molecule has 0 saturated heterocycles. The molecule has 0 atom stereocenters. The van der Waals surface area contributed by atoms with Crippen LogP contribution in [-0.4, -0.2) is 16.1 Å². The number of rotatable bonds is 5. The zero-order valence-electron chi connectivity index (χ0n) is 10.5. The van der Waals surface area contributed by atoms with Crippen molar-refractivity contribution in [2.45, 2.75) is 13.1 Å². The summed E-state index contributed by atoms with van der Waals surface area (Å²) in [6.45, 7) is 1.10. The second-order valence-electron chi connectivity index (χ2n) is 4.29. The molecule has 0 amide bonds. The highest BCUT2D eigenvalue weighted by Crippen LogP contribution is 2.21. The number of carboxylic acid groups (broad SMARTS) is 1. The first-order chi connectivity index (χ1) is 9.72. The summed E-state index contributed by atoms with van der Waals surface area (Å²) in [6.07, 6.45) is 1.25. The van der Waals surface area contributed by atoms with E-state index in [4.69, 9.17) is 9.52 Å². The second-order valence-corrected chi connectivity index (χ2v) is 5.40. The topological polar surface area (TPSA) is 75.4 Å². The molecule has 6 heteroatoms. The lowest BCUT2D eigenvalue weighted by Crippen LogP contribution is -2.11. The van der Waals surface area contributed by atoms with Crippen LogP contribution in [0.3, 0.4) is 0 Å². The number of aromatic carboxylic acids is 1. The maximum Gasteiger partial charge on any atom is 0.338 e. The van der Waals surface area contributed by atoms with Gasteiger partial charge in [0.05, 0.1) is 22.3 Å². The van der Waals surface area contributed by atoms with E-state index in [1.165, 1.54) is 12.3 Å². The molecule has 0 aliphatic carbocycles. The number of aromatic nitrogens is 1. The maximum atomic E-state index is 10.7. The van der Waals surface area contributed by atoms with Crippen LogP contribution in [-0.2, 0) is 13.1 Å². The number of hydrogen-bond acceptors (Lipinski definition) is 5. The van der Waals surface area contributed by atoms with Gasteiger partial charge in [0.15, 0.2) is 0 Å². The summed E-state index contributed by atoms with van der Waals surface area (Å²) in [4.78, 5) is 15.2. The molecule has 2 N–H and O–H groups in total. The number of nitrogens with one attached hydrogen (secondary N) is 1. The summed E-state index contributed by atoms with van der Waals surface area (Å²) in [5.74, 6) is -0.380. The Bertz CT molecular complexity index is 715. The SMILES string of the molecule is O=C(O)c1coc(CNCc2nc3ccccc3s2)c1. The first-order valence-electron chi connectivity index (χ1n) is 6.08. The molecule has 3 aromatic rings. The van der Waals surface area contributed by atoms with E-state index in [9.17, 15) is 4.79 Å². The van der Waals surface area contributed by atoms with Crippen LogP contribution in [0.4, 0.5) is 0 Å². The van der Waals surface area contributed by atoms with Crippen LogP contribution in [0.25, 0.3) is 10.2 Å². The van der Waals surface area contributed by atoms with Crippen LogP contribution in [0.15, 0.2) is 41.0 Å². The van der Waals surface area contributed by atoms with Crippen molar-refractivity contribution in [3.05, 3.63) is 52.9 Å². The zero-order valence-corrected chi connectivity index (χ0v) is 11.3. The third kappa shape index (κ3) is 2.71. The number of furan rings is 1. The summed E-state index contributed by atoms with van der Waals surface area (Å²) in [7, 11) is 0. The molecule has 0 aliphatic rings. The van der Waals surface area contributed by atoms with Crippen LogP contribution in [0.5, 0.6) is 0 Å². The smallest absolute Gasteiger partial charge is 0.338 e. The van der Waals surface area contributed by atoms with E-state index in [2.05, 4.69) is 10.3 Å². The molecule has 3 rings (SSSR count). The average molecular weight is 288 g/mol. The molecule has 0 aliphatic heterocycles. The van der Waals surface area contributed by atoms with E-state index in [-0.39, 0.29) is 5.56 Å². The molecule has 2 aromatic heterocycles. The van der Waals surface area contributed by atoms with E-state index >= 15 is 0 Å². The largest absolute Gasteiger partial charge is 0.478 e. The van der Waals surface area contributed by atoms with Crippen molar-refractivity contribution in [1.29, 1.82) is 0 Å². The number of thiazole rings is 1. The molecule has 0 radical (unpaired) electrons.